The van der Waals surface area contributed by atoms with Gasteiger partial charge in [-0.2, -0.15) is 5.10 Å². The fourth-order valence-electron chi connectivity index (χ4n) is 2.99. The third-order valence-electron chi connectivity index (χ3n) is 4.55. The summed E-state index contributed by atoms with van der Waals surface area (Å²) in [6.07, 6.45) is 1.60. The maximum atomic E-state index is 12.4. The van der Waals surface area contributed by atoms with Crippen LogP contribution in [0.15, 0.2) is 91.1 Å². The molecule has 1 aromatic heterocycles. The van der Waals surface area contributed by atoms with E-state index in [0.717, 1.165) is 11.1 Å². The molecule has 0 fully saturated rings. The minimum absolute atomic E-state index is 0.113. The molecule has 0 spiro atoms. The molecule has 0 aliphatic heterocycles. The molecule has 0 radical (unpaired) electrons. The van der Waals surface area contributed by atoms with Crippen molar-refractivity contribution in [3.05, 3.63) is 107 Å². The number of hydrogen-bond acceptors (Lipinski definition) is 5. The van der Waals surface area contributed by atoms with E-state index in [0.29, 0.717) is 5.75 Å². The number of ether oxygens (including phenoxy) is 1. The van der Waals surface area contributed by atoms with Crippen molar-refractivity contribution in [3.63, 3.8) is 0 Å². The van der Waals surface area contributed by atoms with Gasteiger partial charge in [0.25, 0.3) is 11.6 Å². The van der Waals surface area contributed by atoms with Gasteiger partial charge in [-0.3, -0.25) is 14.9 Å². The summed E-state index contributed by atoms with van der Waals surface area (Å²) >= 11 is 0. The Labute approximate surface area is 177 Å². The average Bonchev–Trinajstić information content (AvgIpc) is 3.28. The molecule has 0 aliphatic rings. The number of rotatable bonds is 7. The van der Waals surface area contributed by atoms with Crippen molar-refractivity contribution in [1.29, 1.82) is 0 Å². The van der Waals surface area contributed by atoms with Crippen LogP contribution in [0.4, 0.5) is 11.4 Å². The molecule has 1 N–H and O–H groups in total. The van der Waals surface area contributed by atoms with Gasteiger partial charge >= 0.3 is 0 Å². The molecule has 31 heavy (non-hydrogen) atoms. The summed E-state index contributed by atoms with van der Waals surface area (Å²) in [7, 11) is 0. The molecule has 0 unspecified atom stereocenters. The van der Waals surface area contributed by atoms with Gasteiger partial charge in [-0.1, -0.05) is 54.6 Å². The highest BCUT2D eigenvalue weighted by Crippen LogP contribution is 2.24. The summed E-state index contributed by atoms with van der Waals surface area (Å²) in [5.74, 6) is 0.126. The quantitative estimate of drug-likeness (QED) is 0.348. The van der Waals surface area contributed by atoms with E-state index in [9.17, 15) is 14.9 Å². The molecule has 154 valence electrons. The molecular formula is C23H18N4O4. The van der Waals surface area contributed by atoms with Crippen LogP contribution in [0.5, 0.6) is 5.75 Å². The number of benzene rings is 3. The average molecular weight is 414 g/mol. The first-order chi connectivity index (χ1) is 15.1. The number of anilines is 1. The number of amides is 1. The van der Waals surface area contributed by atoms with Gasteiger partial charge in [-0.15, -0.1) is 0 Å². The Balaban J connectivity index is 1.37. The molecule has 0 saturated heterocycles. The van der Waals surface area contributed by atoms with Gasteiger partial charge < -0.3 is 10.1 Å². The van der Waals surface area contributed by atoms with Crippen molar-refractivity contribution in [1.82, 2.24) is 9.78 Å². The molecule has 4 aromatic rings. The predicted molar refractivity (Wildman–Crippen MR) is 116 cm³/mol. The van der Waals surface area contributed by atoms with Crippen LogP contribution < -0.4 is 10.1 Å². The van der Waals surface area contributed by atoms with Gasteiger partial charge in [0.15, 0.2) is 12.4 Å². The summed E-state index contributed by atoms with van der Waals surface area (Å²) in [5, 5.41) is 17.8. The van der Waals surface area contributed by atoms with E-state index >= 15 is 0 Å². The highest BCUT2D eigenvalue weighted by molar-refractivity contribution is 6.04. The molecule has 3 aromatic carbocycles. The summed E-state index contributed by atoms with van der Waals surface area (Å²) < 4.78 is 7.20. The van der Waals surface area contributed by atoms with Crippen molar-refractivity contribution in [2.75, 3.05) is 5.32 Å². The molecule has 0 saturated carbocycles. The van der Waals surface area contributed by atoms with Crippen LogP contribution in [0.2, 0.25) is 0 Å². The zero-order valence-electron chi connectivity index (χ0n) is 16.3. The summed E-state index contributed by atoms with van der Waals surface area (Å²) in [4.78, 5) is 22.9. The summed E-state index contributed by atoms with van der Waals surface area (Å²) in [6.45, 7) is 0.115. The van der Waals surface area contributed by atoms with Crippen LogP contribution in [0, 0.1) is 10.1 Å². The highest BCUT2D eigenvalue weighted by Gasteiger charge is 2.17. The first kappa shape index (κ1) is 19.8. The minimum atomic E-state index is -0.550. The number of nitrogens with one attached hydrogen (secondary N) is 1. The molecule has 8 nitrogen and oxygen atoms in total. The number of carbonyl (C=O) groups is 1. The second-order valence-electron chi connectivity index (χ2n) is 6.63. The van der Waals surface area contributed by atoms with Crippen LogP contribution in [0.1, 0.15) is 10.5 Å². The van der Waals surface area contributed by atoms with E-state index < -0.39 is 10.8 Å². The molecule has 1 heterocycles. The zero-order valence-corrected chi connectivity index (χ0v) is 16.3. The van der Waals surface area contributed by atoms with Crippen molar-refractivity contribution in [2.24, 2.45) is 0 Å². The zero-order chi connectivity index (χ0) is 21.6. The number of nitro groups is 1. The van der Waals surface area contributed by atoms with E-state index in [2.05, 4.69) is 10.4 Å². The molecular weight excluding hydrogens is 396 g/mol. The number of hydrogen-bond donors (Lipinski definition) is 1. The summed E-state index contributed by atoms with van der Waals surface area (Å²) in [6, 6.07) is 25.2. The topological polar surface area (TPSA) is 99.3 Å². The van der Waals surface area contributed by atoms with E-state index in [1.807, 2.05) is 54.6 Å². The molecule has 0 atom stereocenters. The second-order valence-corrected chi connectivity index (χ2v) is 6.63. The Morgan fingerprint density at radius 2 is 1.61 bits per heavy atom. The number of para-hydroxylation sites is 2. The van der Waals surface area contributed by atoms with Crippen molar-refractivity contribution in [2.45, 2.75) is 6.73 Å². The maximum Gasteiger partial charge on any atom is 0.292 e. The van der Waals surface area contributed by atoms with Crippen molar-refractivity contribution < 1.29 is 14.5 Å². The standard InChI is InChI=1S/C23H18N4O4/c28-23(24-20-8-4-5-9-22(20)27(29)30)21-14-15-26(25-21)16-31-19-12-10-18(11-13-19)17-6-2-1-3-7-17/h1-15H,16H2,(H,24,28). The van der Waals surface area contributed by atoms with E-state index in [4.69, 9.17) is 4.74 Å². The van der Waals surface area contributed by atoms with Gasteiger partial charge in [0.2, 0.25) is 0 Å². The Kier molecular flexibility index (Phi) is 5.70. The first-order valence-electron chi connectivity index (χ1n) is 9.47. The normalized spacial score (nSPS) is 10.5. The maximum absolute atomic E-state index is 12.4. The van der Waals surface area contributed by atoms with Gasteiger partial charge in [-0.25, -0.2) is 4.68 Å². The van der Waals surface area contributed by atoms with Gasteiger partial charge in [-0.05, 0) is 35.4 Å². The fourth-order valence-corrected chi connectivity index (χ4v) is 2.99. The van der Waals surface area contributed by atoms with Crippen LogP contribution in [0.3, 0.4) is 0 Å². The third kappa shape index (κ3) is 4.76. The van der Waals surface area contributed by atoms with E-state index in [-0.39, 0.29) is 23.8 Å². The lowest BCUT2D eigenvalue weighted by Crippen LogP contribution is -2.15. The Morgan fingerprint density at radius 3 is 2.35 bits per heavy atom. The first-order valence-corrected chi connectivity index (χ1v) is 9.47. The largest absolute Gasteiger partial charge is 0.471 e. The predicted octanol–water partition coefficient (Wildman–Crippen LogP) is 4.75. The Bertz CT molecular complexity index is 1200. The molecule has 1 amide bonds. The van der Waals surface area contributed by atoms with E-state index in [1.165, 1.54) is 28.9 Å². The van der Waals surface area contributed by atoms with Crippen LogP contribution in [-0.4, -0.2) is 20.6 Å². The highest BCUT2D eigenvalue weighted by atomic mass is 16.6. The number of nitro benzene ring substituents is 1. The molecule has 8 heteroatoms. The number of nitrogens with zero attached hydrogens (tertiary/aromatic N) is 3. The number of aromatic nitrogens is 2. The summed E-state index contributed by atoms with van der Waals surface area (Å²) in [5.41, 5.74) is 2.26. The lowest BCUT2D eigenvalue weighted by Gasteiger charge is -2.08. The van der Waals surface area contributed by atoms with Gasteiger partial charge in [0.1, 0.15) is 11.4 Å². The fraction of sp³-hybridized carbons (Fsp3) is 0.0435. The van der Waals surface area contributed by atoms with Gasteiger partial charge in [0, 0.05) is 12.3 Å². The smallest absolute Gasteiger partial charge is 0.292 e. The van der Waals surface area contributed by atoms with Crippen molar-refractivity contribution >= 4 is 17.3 Å². The van der Waals surface area contributed by atoms with Crippen LogP contribution >= 0.6 is 0 Å². The lowest BCUT2D eigenvalue weighted by molar-refractivity contribution is -0.383. The Morgan fingerprint density at radius 1 is 0.935 bits per heavy atom. The Hall–Kier alpha value is -4.46. The van der Waals surface area contributed by atoms with Crippen molar-refractivity contribution in [3.8, 4) is 16.9 Å². The number of carbonyl (C=O) groups excluding carboxylic acids is 1. The SMILES string of the molecule is O=C(Nc1ccccc1[N+](=O)[O-])c1ccn(COc2ccc(-c3ccccc3)cc2)n1. The lowest BCUT2D eigenvalue weighted by atomic mass is 10.1. The molecule has 0 aliphatic carbocycles. The minimum Gasteiger partial charge on any atom is -0.471 e. The molecule has 4 rings (SSSR count). The van der Waals surface area contributed by atoms with E-state index in [1.54, 1.807) is 12.3 Å². The molecule has 0 bridgehead atoms. The van der Waals surface area contributed by atoms with Gasteiger partial charge in [0.05, 0.1) is 4.92 Å². The second kappa shape index (κ2) is 8.91. The monoisotopic (exact) mass is 414 g/mol. The van der Waals surface area contributed by atoms with Crippen LogP contribution in [-0.2, 0) is 6.73 Å². The van der Waals surface area contributed by atoms with Crippen LogP contribution in [0.25, 0.3) is 11.1 Å². The third-order valence-corrected chi connectivity index (χ3v) is 4.55.